The van der Waals surface area contributed by atoms with Crippen molar-refractivity contribution in [1.29, 1.82) is 0 Å². The van der Waals surface area contributed by atoms with Gasteiger partial charge in [-0.2, -0.15) is 0 Å². The van der Waals surface area contributed by atoms with Crippen molar-refractivity contribution < 1.29 is 0 Å². The lowest BCUT2D eigenvalue weighted by Gasteiger charge is -2.21. The fraction of sp³-hybridized carbons (Fsp3) is 0.364. The predicted molar refractivity (Wildman–Crippen MR) is 96.4 cm³/mol. The highest BCUT2D eigenvalue weighted by Gasteiger charge is 2.13. The predicted octanol–water partition coefficient (Wildman–Crippen LogP) is 6.51. The zero-order valence-electron chi connectivity index (χ0n) is 13.2. The zero-order chi connectivity index (χ0) is 14.8. The van der Waals surface area contributed by atoms with E-state index >= 15 is 0 Å². The van der Waals surface area contributed by atoms with E-state index in [2.05, 4.69) is 54.6 Å². The van der Waals surface area contributed by atoms with Crippen LogP contribution >= 0.6 is 0 Å². The fourth-order valence-electron chi connectivity index (χ4n) is 4.09. The Hall–Kier alpha value is -1.82. The van der Waals surface area contributed by atoms with Crippen LogP contribution in [0.1, 0.15) is 44.1 Å². The van der Waals surface area contributed by atoms with Crippen LogP contribution in [0.2, 0.25) is 0 Å². The van der Waals surface area contributed by atoms with Gasteiger partial charge in [-0.3, -0.25) is 0 Å². The molecule has 0 bridgehead atoms. The second-order valence-corrected chi connectivity index (χ2v) is 6.88. The van der Waals surface area contributed by atoms with E-state index in [0.29, 0.717) is 0 Å². The van der Waals surface area contributed by atoms with Crippen LogP contribution in [0.15, 0.2) is 54.6 Å². The first-order valence-electron chi connectivity index (χ1n) is 8.80. The molecule has 3 aromatic rings. The smallest absolute Gasteiger partial charge is 0.0146 e. The van der Waals surface area contributed by atoms with Crippen LogP contribution < -0.4 is 0 Å². The Kier molecular flexibility index (Phi) is 3.84. The molecule has 0 heterocycles. The van der Waals surface area contributed by atoms with E-state index in [1.54, 1.807) is 0 Å². The molecule has 0 aliphatic heterocycles. The first-order chi connectivity index (χ1) is 10.9. The third-order valence-corrected chi connectivity index (χ3v) is 5.38. The van der Waals surface area contributed by atoms with Gasteiger partial charge in [0.25, 0.3) is 0 Å². The maximum atomic E-state index is 2.39. The molecule has 0 saturated heterocycles. The van der Waals surface area contributed by atoms with E-state index in [1.807, 2.05) is 0 Å². The van der Waals surface area contributed by atoms with Crippen LogP contribution in [0, 0.1) is 5.92 Å². The highest BCUT2D eigenvalue weighted by molar-refractivity contribution is 5.99. The number of hydrogen-bond acceptors (Lipinski definition) is 0. The van der Waals surface area contributed by atoms with Gasteiger partial charge in [-0.25, -0.2) is 0 Å². The summed E-state index contributed by atoms with van der Waals surface area (Å²) in [7, 11) is 0. The van der Waals surface area contributed by atoms with Crippen molar-refractivity contribution in [2.75, 3.05) is 0 Å². The van der Waals surface area contributed by atoms with E-state index in [9.17, 15) is 0 Å². The molecule has 0 heteroatoms. The van der Waals surface area contributed by atoms with Crippen molar-refractivity contribution in [3.05, 3.63) is 60.2 Å². The van der Waals surface area contributed by atoms with E-state index in [-0.39, 0.29) is 0 Å². The average molecular weight is 288 g/mol. The molecule has 0 nitrogen and oxygen atoms in total. The Bertz CT molecular complexity index is 778. The summed E-state index contributed by atoms with van der Waals surface area (Å²) in [5.74, 6) is 0.962. The van der Waals surface area contributed by atoms with Crippen molar-refractivity contribution >= 4 is 21.5 Å². The van der Waals surface area contributed by atoms with Gasteiger partial charge in [-0.1, -0.05) is 74.6 Å². The van der Waals surface area contributed by atoms with Crippen LogP contribution in [0.4, 0.5) is 0 Å². The van der Waals surface area contributed by atoms with E-state index in [4.69, 9.17) is 0 Å². The topological polar surface area (TPSA) is 0 Å². The van der Waals surface area contributed by atoms with Crippen LogP contribution in [0.25, 0.3) is 21.5 Å². The minimum Gasteiger partial charge on any atom is -0.0616 e. The highest BCUT2D eigenvalue weighted by atomic mass is 14.2. The lowest BCUT2D eigenvalue weighted by Crippen LogP contribution is -2.07. The Morgan fingerprint density at radius 2 is 1.45 bits per heavy atom. The summed E-state index contributed by atoms with van der Waals surface area (Å²) in [5, 5.41) is 5.55. The SMILES string of the molecule is c1ccc2cc3c(CCC4CCCCC4)cccc3cc2c1. The molecule has 0 amide bonds. The van der Waals surface area contributed by atoms with E-state index in [1.165, 1.54) is 72.1 Å². The molecule has 3 aromatic carbocycles. The largest absolute Gasteiger partial charge is 0.0616 e. The van der Waals surface area contributed by atoms with Gasteiger partial charge in [-0.15, -0.1) is 0 Å². The molecule has 0 atom stereocenters. The Morgan fingerprint density at radius 3 is 2.27 bits per heavy atom. The first kappa shape index (κ1) is 13.8. The number of benzene rings is 3. The minimum atomic E-state index is 0.962. The zero-order valence-corrected chi connectivity index (χ0v) is 13.2. The summed E-state index contributed by atoms with van der Waals surface area (Å²) in [6, 6.07) is 20.3. The van der Waals surface area contributed by atoms with Crippen LogP contribution in [0.5, 0.6) is 0 Å². The van der Waals surface area contributed by atoms with Gasteiger partial charge in [0.1, 0.15) is 0 Å². The highest BCUT2D eigenvalue weighted by Crippen LogP contribution is 2.30. The lowest BCUT2D eigenvalue weighted by atomic mass is 9.84. The number of rotatable bonds is 3. The number of hydrogen-bond donors (Lipinski definition) is 0. The Balaban J connectivity index is 1.66. The van der Waals surface area contributed by atoms with Crippen molar-refractivity contribution in [2.24, 2.45) is 5.92 Å². The second-order valence-electron chi connectivity index (χ2n) is 6.88. The fourth-order valence-corrected chi connectivity index (χ4v) is 4.09. The average Bonchev–Trinajstić information content (AvgIpc) is 2.59. The molecule has 0 unspecified atom stereocenters. The lowest BCUT2D eigenvalue weighted by molar-refractivity contribution is 0.339. The monoisotopic (exact) mass is 288 g/mol. The minimum absolute atomic E-state index is 0.962. The molecular weight excluding hydrogens is 264 g/mol. The first-order valence-corrected chi connectivity index (χ1v) is 8.80. The second kappa shape index (κ2) is 6.12. The summed E-state index contributed by atoms with van der Waals surface area (Å²) in [5.41, 5.74) is 1.54. The van der Waals surface area contributed by atoms with E-state index < -0.39 is 0 Å². The van der Waals surface area contributed by atoms with Gasteiger partial charge in [0.05, 0.1) is 0 Å². The van der Waals surface area contributed by atoms with Crippen LogP contribution in [0.3, 0.4) is 0 Å². The molecule has 0 aromatic heterocycles. The third-order valence-electron chi connectivity index (χ3n) is 5.38. The maximum absolute atomic E-state index is 2.39. The molecule has 1 aliphatic carbocycles. The summed E-state index contributed by atoms with van der Waals surface area (Å²) in [6.45, 7) is 0. The third kappa shape index (κ3) is 2.75. The molecule has 1 fully saturated rings. The quantitative estimate of drug-likeness (QED) is 0.482. The molecular formula is C22H24. The normalized spacial score (nSPS) is 16.4. The van der Waals surface area contributed by atoms with Gasteiger partial charge in [0, 0.05) is 0 Å². The van der Waals surface area contributed by atoms with Crippen molar-refractivity contribution in [3.63, 3.8) is 0 Å². The van der Waals surface area contributed by atoms with Crippen LogP contribution in [-0.2, 0) is 6.42 Å². The molecule has 0 radical (unpaired) electrons. The van der Waals surface area contributed by atoms with Crippen LogP contribution in [-0.4, -0.2) is 0 Å². The van der Waals surface area contributed by atoms with Crippen molar-refractivity contribution in [1.82, 2.24) is 0 Å². The Morgan fingerprint density at radius 1 is 0.727 bits per heavy atom. The number of aryl methyl sites for hydroxylation is 1. The number of fused-ring (bicyclic) bond motifs is 2. The van der Waals surface area contributed by atoms with E-state index in [0.717, 1.165) is 5.92 Å². The summed E-state index contributed by atoms with van der Waals surface area (Å²) in [6.07, 6.45) is 9.86. The van der Waals surface area contributed by atoms with Gasteiger partial charge in [-0.05, 0) is 58.0 Å². The molecule has 22 heavy (non-hydrogen) atoms. The summed E-state index contributed by atoms with van der Waals surface area (Å²) in [4.78, 5) is 0. The van der Waals surface area contributed by atoms with Gasteiger partial charge >= 0.3 is 0 Å². The molecule has 1 aliphatic rings. The summed E-state index contributed by atoms with van der Waals surface area (Å²) < 4.78 is 0. The molecule has 1 saturated carbocycles. The molecule has 4 rings (SSSR count). The van der Waals surface area contributed by atoms with Crippen molar-refractivity contribution in [2.45, 2.75) is 44.9 Å². The maximum Gasteiger partial charge on any atom is -0.0146 e. The Labute approximate surface area is 133 Å². The van der Waals surface area contributed by atoms with Gasteiger partial charge < -0.3 is 0 Å². The van der Waals surface area contributed by atoms with Crippen molar-refractivity contribution in [3.8, 4) is 0 Å². The molecule has 0 spiro atoms. The standard InChI is InChI=1S/C22H24/c1-2-7-17(8-3-1)13-14-18-11-6-12-21-15-19-9-4-5-10-20(19)16-22(18)21/h4-6,9-12,15-17H,1-3,7-8,13-14H2. The molecule has 112 valence electrons. The van der Waals surface area contributed by atoms with Gasteiger partial charge in [0.15, 0.2) is 0 Å². The molecule has 0 N–H and O–H groups in total. The van der Waals surface area contributed by atoms with Gasteiger partial charge in [0.2, 0.25) is 0 Å². The summed E-state index contributed by atoms with van der Waals surface area (Å²) >= 11 is 0.